The molecule has 1 aliphatic heterocycles. The van der Waals surface area contributed by atoms with Crippen molar-refractivity contribution >= 4 is 0 Å². The summed E-state index contributed by atoms with van der Waals surface area (Å²) < 4.78 is 0. The van der Waals surface area contributed by atoms with Gasteiger partial charge in [-0.15, -0.1) is 0 Å². The topological polar surface area (TPSA) is 23.5 Å². The van der Waals surface area contributed by atoms with E-state index in [4.69, 9.17) is 0 Å². The Morgan fingerprint density at radius 1 is 1.04 bits per heavy atom. The molecule has 2 aromatic carbocycles. The summed E-state index contributed by atoms with van der Waals surface area (Å²) in [7, 11) is 0. The number of rotatable bonds is 5. The molecule has 1 saturated heterocycles. The molecule has 1 N–H and O–H groups in total. The molecule has 1 aliphatic rings. The van der Waals surface area contributed by atoms with Crippen LogP contribution in [0.4, 0.5) is 0 Å². The summed E-state index contributed by atoms with van der Waals surface area (Å²) >= 11 is 0. The molecule has 3 atom stereocenters. The summed E-state index contributed by atoms with van der Waals surface area (Å²) in [6.45, 7) is 3.51. The molecular formula is C21H27NO. The van der Waals surface area contributed by atoms with Crippen LogP contribution in [0.15, 0.2) is 60.7 Å². The Morgan fingerprint density at radius 2 is 1.70 bits per heavy atom. The van der Waals surface area contributed by atoms with Crippen molar-refractivity contribution < 1.29 is 5.11 Å². The van der Waals surface area contributed by atoms with Crippen LogP contribution in [0.25, 0.3) is 0 Å². The highest BCUT2D eigenvalue weighted by Gasteiger charge is 2.35. The highest BCUT2D eigenvalue weighted by atomic mass is 16.3. The van der Waals surface area contributed by atoms with Crippen LogP contribution < -0.4 is 0 Å². The molecule has 3 rings (SSSR count). The second-order valence-electron chi connectivity index (χ2n) is 6.51. The number of benzene rings is 2. The number of nitrogens with zero attached hydrogens (tertiary/aromatic N) is 1. The van der Waals surface area contributed by atoms with Gasteiger partial charge in [-0.25, -0.2) is 0 Å². The third-order valence-electron chi connectivity index (χ3n) is 5.22. The predicted octanol–water partition coefficient (Wildman–Crippen LogP) is 4.58. The van der Waals surface area contributed by atoms with Gasteiger partial charge in [0.25, 0.3) is 0 Å². The van der Waals surface area contributed by atoms with Crippen molar-refractivity contribution in [1.29, 1.82) is 0 Å². The van der Waals surface area contributed by atoms with Crippen LogP contribution in [-0.4, -0.2) is 23.2 Å². The predicted molar refractivity (Wildman–Crippen MR) is 95.2 cm³/mol. The molecule has 1 heterocycles. The molecule has 122 valence electrons. The van der Waals surface area contributed by atoms with Crippen LogP contribution in [0.3, 0.4) is 0 Å². The summed E-state index contributed by atoms with van der Waals surface area (Å²) in [4.78, 5) is 2.53. The number of likely N-dealkylation sites (tertiary alicyclic amines) is 1. The van der Waals surface area contributed by atoms with E-state index < -0.39 is 0 Å². The van der Waals surface area contributed by atoms with E-state index in [1.165, 1.54) is 30.4 Å². The lowest BCUT2D eigenvalue weighted by molar-refractivity contribution is 0.0212. The standard InChI is InChI=1S/C21H27NO/c1-2-17-14-9-15-22(21(17)19-12-7-4-8-13-19)20(16-23)18-10-5-3-6-11-18/h3-8,10-13,17,20-21,23H,2,9,14-16H2,1H3/t17-,20+,21+/m1/s1. The molecule has 2 aromatic rings. The van der Waals surface area contributed by atoms with Gasteiger partial charge in [0.15, 0.2) is 0 Å². The second-order valence-corrected chi connectivity index (χ2v) is 6.51. The Hall–Kier alpha value is -1.64. The molecule has 0 aliphatic carbocycles. The molecule has 0 saturated carbocycles. The van der Waals surface area contributed by atoms with E-state index in [2.05, 4.69) is 66.4 Å². The lowest BCUT2D eigenvalue weighted by atomic mass is 9.81. The minimum absolute atomic E-state index is 0.0794. The highest BCUT2D eigenvalue weighted by molar-refractivity contribution is 5.24. The summed E-state index contributed by atoms with van der Waals surface area (Å²) in [6, 6.07) is 21.7. The van der Waals surface area contributed by atoms with Crippen molar-refractivity contribution in [2.75, 3.05) is 13.2 Å². The maximum Gasteiger partial charge on any atom is 0.0628 e. The van der Waals surface area contributed by atoms with Crippen molar-refractivity contribution in [2.45, 2.75) is 38.3 Å². The fraction of sp³-hybridized carbons (Fsp3) is 0.429. The average molecular weight is 309 g/mol. The van der Waals surface area contributed by atoms with Crippen LogP contribution >= 0.6 is 0 Å². The largest absolute Gasteiger partial charge is 0.394 e. The van der Waals surface area contributed by atoms with E-state index in [1.807, 2.05) is 6.07 Å². The van der Waals surface area contributed by atoms with Gasteiger partial charge in [-0.2, -0.15) is 0 Å². The number of hydrogen-bond acceptors (Lipinski definition) is 2. The Morgan fingerprint density at radius 3 is 2.30 bits per heavy atom. The normalized spacial score (nSPS) is 23.6. The van der Waals surface area contributed by atoms with Gasteiger partial charge in [0.05, 0.1) is 12.6 Å². The summed E-state index contributed by atoms with van der Waals surface area (Å²) in [5.74, 6) is 0.656. The smallest absolute Gasteiger partial charge is 0.0628 e. The third-order valence-corrected chi connectivity index (χ3v) is 5.22. The Labute approximate surface area is 139 Å². The Bertz CT molecular complexity index is 583. The molecular weight excluding hydrogens is 282 g/mol. The summed E-state index contributed by atoms with van der Waals surface area (Å²) in [5.41, 5.74) is 2.60. The summed E-state index contributed by atoms with van der Waals surface area (Å²) in [5, 5.41) is 10.1. The lowest BCUT2D eigenvalue weighted by Crippen LogP contribution is -2.42. The van der Waals surface area contributed by atoms with Gasteiger partial charge in [-0.1, -0.05) is 74.0 Å². The van der Waals surface area contributed by atoms with Crippen molar-refractivity contribution in [2.24, 2.45) is 5.92 Å². The minimum atomic E-state index is 0.0794. The first-order chi connectivity index (χ1) is 11.3. The molecule has 2 heteroatoms. The molecule has 0 aromatic heterocycles. The number of hydrogen-bond donors (Lipinski definition) is 1. The maximum atomic E-state index is 10.1. The SMILES string of the molecule is CC[C@@H]1CCCN([C@@H](CO)c2ccccc2)[C@@H]1c1ccccc1. The maximum absolute atomic E-state index is 10.1. The average Bonchev–Trinajstić information content (AvgIpc) is 2.64. The van der Waals surface area contributed by atoms with Gasteiger partial charge >= 0.3 is 0 Å². The molecule has 2 nitrogen and oxygen atoms in total. The van der Waals surface area contributed by atoms with E-state index in [0.29, 0.717) is 12.0 Å². The van der Waals surface area contributed by atoms with Gasteiger partial charge in [0.1, 0.15) is 0 Å². The number of piperidine rings is 1. The lowest BCUT2D eigenvalue weighted by Gasteiger charge is -2.45. The Balaban J connectivity index is 1.96. The second kappa shape index (κ2) is 7.76. The molecule has 0 unspecified atom stereocenters. The summed E-state index contributed by atoms with van der Waals surface area (Å²) in [6.07, 6.45) is 3.67. The number of aliphatic hydroxyl groups is 1. The third kappa shape index (κ3) is 3.49. The van der Waals surface area contributed by atoms with Crippen LogP contribution in [0.5, 0.6) is 0 Å². The van der Waals surface area contributed by atoms with Crippen molar-refractivity contribution in [3.8, 4) is 0 Å². The van der Waals surface area contributed by atoms with Crippen molar-refractivity contribution in [1.82, 2.24) is 4.90 Å². The molecule has 1 fully saturated rings. The molecule has 23 heavy (non-hydrogen) atoms. The van der Waals surface area contributed by atoms with E-state index in [-0.39, 0.29) is 12.6 Å². The van der Waals surface area contributed by atoms with Crippen LogP contribution in [0, 0.1) is 5.92 Å². The quantitative estimate of drug-likeness (QED) is 0.873. The van der Waals surface area contributed by atoms with Crippen LogP contribution in [-0.2, 0) is 0 Å². The van der Waals surface area contributed by atoms with Crippen LogP contribution in [0.2, 0.25) is 0 Å². The zero-order chi connectivity index (χ0) is 16.1. The molecule has 0 bridgehead atoms. The number of aliphatic hydroxyl groups excluding tert-OH is 1. The van der Waals surface area contributed by atoms with Gasteiger partial charge in [-0.05, 0) is 36.4 Å². The zero-order valence-electron chi connectivity index (χ0n) is 13.9. The first kappa shape index (κ1) is 16.2. The fourth-order valence-electron chi connectivity index (χ4n) is 4.07. The van der Waals surface area contributed by atoms with Crippen LogP contribution in [0.1, 0.15) is 49.4 Å². The van der Waals surface area contributed by atoms with Gasteiger partial charge < -0.3 is 5.11 Å². The van der Waals surface area contributed by atoms with E-state index >= 15 is 0 Å². The zero-order valence-corrected chi connectivity index (χ0v) is 13.9. The van der Waals surface area contributed by atoms with Gasteiger partial charge in [-0.3, -0.25) is 4.90 Å². The molecule has 0 amide bonds. The Kier molecular flexibility index (Phi) is 5.47. The van der Waals surface area contributed by atoms with Crippen molar-refractivity contribution in [3.63, 3.8) is 0 Å². The van der Waals surface area contributed by atoms with E-state index in [1.54, 1.807) is 0 Å². The van der Waals surface area contributed by atoms with Gasteiger partial charge in [0.2, 0.25) is 0 Å². The molecule has 0 spiro atoms. The van der Waals surface area contributed by atoms with E-state index in [0.717, 1.165) is 6.54 Å². The van der Waals surface area contributed by atoms with E-state index in [9.17, 15) is 5.11 Å². The highest BCUT2D eigenvalue weighted by Crippen LogP contribution is 2.42. The van der Waals surface area contributed by atoms with Crippen molar-refractivity contribution in [3.05, 3.63) is 71.8 Å². The first-order valence-corrected chi connectivity index (χ1v) is 8.81. The van der Waals surface area contributed by atoms with Gasteiger partial charge in [0, 0.05) is 6.04 Å². The first-order valence-electron chi connectivity index (χ1n) is 8.81. The monoisotopic (exact) mass is 309 g/mol. The fourth-order valence-corrected chi connectivity index (χ4v) is 4.07. The minimum Gasteiger partial charge on any atom is -0.394 e. The molecule has 0 radical (unpaired) electrons.